The van der Waals surface area contributed by atoms with E-state index in [9.17, 15) is 9.18 Å². The van der Waals surface area contributed by atoms with Gasteiger partial charge in [-0.3, -0.25) is 9.48 Å². The van der Waals surface area contributed by atoms with E-state index in [4.69, 9.17) is 5.73 Å². The van der Waals surface area contributed by atoms with Gasteiger partial charge in [0.1, 0.15) is 5.82 Å². The highest BCUT2D eigenvalue weighted by Gasteiger charge is 2.11. The van der Waals surface area contributed by atoms with Gasteiger partial charge in [-0.05, 0) is 26.0 Å². The molecule has 0 bridgehead atoms. The Morgan fingerprint density at radius 3 is 2.70 bits per heavy atom. The van der Waals surface area contributed by atoms with E-state index in [1.807, 2.05) is 14.0 Å². The molecular weight excluding hydrogens is 259 g/mol. The zero-order valence-electron chi connectivity index (χ0n) is 11.7. The predicted octanol–water partition coefficient (Wildman–Crippen LogP) is 1.89. The number of halogens is 1. The molecule has 0 spiro atoms. The Bertz CT molecular complexity index is 663. The smallest absolute Gasteiger partial charge is 0.248 e. The molecule has 0 saturated carbocycles. The van der Waals surface area contributed by atoms with E-state index >= 15 is 0 Å². The summed E-state index contributed by atoms with van der Waals surface area (Å²) in [7, 11) is 1.86. The molecule has 2 aromatic rings. The topological polar surface area (TPSA) is 72.9 Å². The molecule has 0 aliphatic rings. The van der Waals surface area contributed by atoms with Crippen LogP contribution in [0.4, 0.5) is 10.1 Å². The Morgan fingerprint density at radius 1 is 1.45 bits per heavy atom. The Kier molecular flexibility index (Phi) is 3.74. The number of aromatic nitrogens is 2. The third kappa shape index (κ3) is 2.64. The molecule has 5 nitrogen and oxygen atoms in total. The molecule has 0 fully saturated rings. The van der Waals surface area contributed by atoms with Crippen molar-refractivity contribution in [2.45, 2.75) is 20.4 Å². The van der Waals surface area contributed by atoms with E-state index in [1.165, 1.54) is 0 Å². The number of aryl methyl sites for hydroxylation is 1. The molecule has 0 aliphatic heterocycles. The number of benzene rings is 1. The van der Waals surface area contributed by atoms with E-state index < -0.39 is 11.7 Å². The number of hydrogen-bond acceptors (Lipinski definition) is 3. The van der Waals surface area contributed by atoms with Crippen LogP contribution in [0.25, 0.3) is 0 Å². The molecule has 6 heteroatoms. The van der Waals surface area contributed by atoms with Crippen molar-refractivity contribution in [1.29, 1.82) is 0 Å². The number of hydrogen-bond donors (Lipinski definition) is 2. The summed E-state index contributed by atoms with van der Waals surface area (Å²) in [6.45, 7) is 4.11. The molecule has 0 unspecified atom stereocenters. The van der Waals surface area contributed by atoms with Crippen LogP contribution in [0.2, 0.25) is 0 Å². The van der Waals surface area contributed by atoms with Gasteiger partial charge in [0.15, 0.2) is 0 Å². The second-order valence-electron chi connectivity index (χ2n) is 4.73. The highest BCUT2D eigenvalue weighted by atomic mass is 19.1. The first kappa shape index (κ1) is 14.0. The van der Waals surface area contributed by atoms with Crippen LogP contribution in [0.3, 0.4) is 0 Å². The molecule has 1 aromatic carbocycles. The van der Waals surface area contributed by atoms with E-state index in [1.54, 1.807) is 23.9 Å². The molecule has 1 amide bonds. The van der Waals surface area contributed by atoms with E-state index in [2.05, 4.69) is 10.4 Å². The monoisotopic (exact) mass is 276 g/mol. The maximum atomic E-state index is 13.7. The van der Waals surface area contributed by atoms with Crippen LogP contribution < -0.4 is 11.1 Å². The molecule has 106 valence electrons. The number of amides is 1. The lowest BCUT2D eigenvalue weighted by Gasteiger charge is -2.11. The maximum Gasteiger partial charge on any atom is 0.248 e. The Labute approximate surface area is 116 Å². The van der Waals surface area contributed by atoms with Crippen molar-refractivity contribution in [3.63, 3.8) is 0 Å². The molecule has 0 atom stereocenters. The standard InChI is InChI=1S/C14H17FN4O/c1-8-12(15)4-10(14(16)20)5-13(8)17-6-11-7-18-19(3)9(11)2/h4-5,7,17H,6H2,1-3H3,(H2,16,20). The zero-order valence-corrected chi connectivity index (χ0v) is 11.7. The minimum Gasteiger partial charge on any atom is -0.381 e. The largest absolute Gasteiger partial charge is 0.381 e. The summed E-state index contributed by atoms with van der Waals surface area (Å²) in [6.07, 6.45) is 1.76. The van der Waals surface area contributed by atoms with Crippen molar-refractivity contribution in [2.24, 2.45) is 12.8 Å². The van der Waals surface area contributed by atoms with Gasteiger partial charge < -0.3 is 11.1 Å². The van der Waals surface area contributed by atoms with Crippen molar-refractivity contribution in [1.82, 2.24) is 9.78 Å². The van der Waals surface area contributed by atoms with Gasteiger partial charge in [0.25, 0.3) is 0 Å². The summed E-state index contributed by atoms with van der Waals surface area (Å²) in [6, 6.07) is 2.71. The van der Waals surface area contributed by atoms with Gasteiger partial charge in [-0.25, -0.2) is 4.39 Å². The van der Waals surface area contributed by atoms with Crippen molar-refractivity contribution in [2.75, 3.05) is 5.32 Å². The number of carbonyl (C=O) groups is 1. The number of nitrogens with one attached hydrogen (secondary N) is 1. The Morgan fingerprint density at radius 2 is 2.15 bits per heavy atom. The highest BCUT2D eigenvalue weighted by Crippen LogP contribution is 2.21. The fourth-order valence-corrected chi connectivity index (χ4v) is 1.91. The summed E-state index contributed by atoms with van der Waals surface area (Å²) in [5, 5.41) is 7.26. The van der Waals surface area contributed by atoms with Gasteiger partial charge >= 0.3 is 0 Å². The minimum absolute atomic E-state index is 0.151. The number of carbonyl (C=O) groups excluding carboxylic acids is 1. The maximum absolute atomic E-state index is 13.7. The van der Waals surface area contributed by atoms with Gasteiger partial charge in [0.2, 0.25) is 5.91 Å². The van der Waals surface area contributed by atoms with Crippen LogP contribution in [0.15, 0.2) is 18.3 Å². The normalized spacial score (nSPS) is 10.6. The number of nitrogens with two attached hydrogens (primary N) is 1. The summed E-state index contributed by atoms with van der Waals surface area (Å²) in [5.41, 5.74) is 8.39. The molecule has 1 heterocycles. The van der Waals surface area contributed by atoms with Gasteiger partial charge in [0, 0.05) is 41.7 Å². The Balaban J connectivity index is 2.25. The first-order valence-electron chi connectivity index (χ1n) is 6.21. The second-order valence-corrected chi connectivity index (χ2v) is 4.73. The van der Waals surface area contributed by atoms with Crippen LogP contribution >= 0.6 is 0 Å². The van der Waals surface area contributed by atoms with E-state index in [-0.39, 0.29) is 5.56 Å². The summed E-state index contributed by atoms with van der Waals surface area (Å²) < 4.78 is 15.5. The average Bonchev–Trinajstić information content (AvgIpc) is 2.71. The van der Waals surface area contributed by atoms with Crippen LogP contribution in [-0.4, -0.2) is 15.7 Å². The van der Waals surface area contributed by atoms with Gasteiger partial charge in [-0.15, -0.1) is 0 Å². The fraction of sp³-hybridized carbons (Fsp3) is 0.286. The molecule has 1 aromatic heterocycles. The first-order chi connectivity index (χ1) is 9.40. The summed E-state index contributed by atoms with van der Waals surface area (Å²) in [4.78, 5) is 11.2. The van der Waals surface area contributed by atoms with Gasteiger partial charge in [-0.2, -0.15) is 5.10 Å². The number of anilines is 1. The molecular formula is C14H17FN4O. The van der Waals surface area contributed by atoms with Crippen molar-refractivity contribution < 1.29 is 9.18 Å². The second kappa shape index (κ2) is 5.32. The van der Waals surface area contributed by atoms with E-state index in [0.29, 0.717) is 17.8 Å². The molecule has 0 aliphatic carbocycles. The van der Waals surface area contributed by atoms with Crippen LogP contribution in [0.1, 0.15) is 27.2 Å². The van der Waals surface area contributed by atoms with Crippen molar-refractivity contribution >= 4 is 11.6 Å². The van der Waals surface area contributed by atoms with Crippen molar-refractivity contribution in [3.05, 3.63) is 46.5 Å². The van der Waals surface area contributed by atoms with Crippen LogP contribution in [0.5, 0.6) is 0 Å². The molecule has 20 heavy (non-hydrogen) atoms. The summed E-state index contributed by atoms with van der Waals surface area (Å²) in [5.74, 6) is -1.10. The fourth-order valence-electron chi connectivity index (χ4n) is 1.91. The molecule has 0 saturated heterocycles. The van der Waals surface area contributed by atoms with Crippen molar-refractivity contribution in [3.8, 4) is 0 Å². The molecule has 3 N–H and O–H groups in total. The van der Waals surface area contributed by atoms with Crippen LogP contribution in [0, 0.1) is 19.7 Å². The quantitative estimate of drug-likeness (QED) is 0.895. The number of nitrogens with zero attached hydrogens (tertiary/aromatic N) is 2. The van der Waals surface area contributed by atoms with Gasteiger partial charge in [-0.1, -0.05) is 0 Å². The first-order valence-corrected chi connectivity index (χ1v) is 6.21. The lowest BCUT2D eigenvalue weighted by molar-refractivity contribution is 0.1000. The molecule has 0 radical (unpaired) electrons. The van der Waals surface area contributed by atoms with E-state index in [0.717, 1.165) is 17.3 Å². The number of rotatable bonds is 4. The SMILES string of the molecule is Cc1c(F)cc(C(N)=O)cc1NCc1cnn(C)c1C. The predicted molar refractivity (Wildman–Crippen MR) is 74.9 cm³/mol. The lowest BCUT2D eigenvalue weighted by atomic mass is 10.1. The van der Waals surface area contributed by atoms with Gasteiger partial charge in [0.05, 0.1) is 6.20 Å². The average molecular weight is 276 g/mol. The summed E-state index contributed by atoms with van der Waals surface area (Å²) >= 11 is 0. The zero-order chi connectivity index (χ0) is 14.9. The lowest BCUT2D eigenvalue weighted by Crippen LogP contribution is -2.13. The van der Waals surface area contributed by atoms with Crippen LogP contribution in [-0.2, 0) is 13.6 Å². The third-order valence-electron chi connectivity index (χ3n) is 3.44. The molecule has 2 rings (SSSR count). The third-order valence-corrected chi connectivity index (χ3v) is 3.44. The Hall–Kier alpha value is -2.37. The minimum atomic E-state index is -0.649. The highest BCUT2D eigenvalue weighted by molar-refractivity contribution is 5.94. The number of primary amides is 1.